The highest BCUT2D eigenvalue weighted by Gasteiger charge is 2.33. The Kier molecular flexibility index (Phi) is 17.3. The number of carbonyl (C=O) groups excluding carboxylic acids is 5. The van der Waals surface area contributed by atoms with E-state index in [-0.39, 0.29) is 60.3 Å². The maximum Gasteiger partial charge on any atom is 0.405 e. The molecule has 1 heterocycles. The van der Waals surface area contributed by atoms with Gasteiger partial charge in [-0.25, -0.2) is 4.79 Å². The fraction of sp³-hybridized carbons (Fsp3) is 0.439. The molecule has 3 amide bonds. The average Bonchev–Trinajstić information content (AvgIpc) is 3.17. The zero-order chi connectivity index (χ0) is 41.5. The van der Waals surface area contributed by atoms with Crippen LogP contribution in [0, 0.1) is 11.8 Å². The molecule has 15 nitrogen and oxygen atoms in total. The molecule has 1 unspecified atom stereocenters. The molecule has 15 heteroatoms. The second-order valence-corrected chi connectivity index (χ2v) is 13.6. The molecule has 0 saturated carbocycles. The number of methoxy groups -OCH3 is 4. The minimum Gasteiger partial charge on any atom is -0.493 e. The summed E-state index contributed by atoms with van der Waals surface area (Å²) in [5.74, 6) is -1.82. The lowest BCUT2D eigenvalue weighted by atomic mass is 9.85. The minimum absolute atomic E-state index is 0.0450. The number of benzene rings is 1. The molecule has 0 saturated heterocycles. The monoisotopic (exact) mass is 778 g/mol. The Balaban J connectivity index is 1.89. The van der Waals surface area contributed by atoms with Crippen molar-refractivity contribution in [2.75, 3.05) is 41.5 Å². The van der Waals surface area contributed by atoms with Gasteiger partial charge in [0.05, 0.1) is 37.8 Å². The molecule has 1 aliphatic heterocycles. The molecule has 3 rings (SSSR count). The zero-order valence-electron chi connectivity index (χ0n) is 33.2. The van der Waals surface area contributed by atoms with Crippen LogP contribution in [-0.4, -0.2) is 101 Å². The largest absolute Gasteiger partial charge is 0.493 e. The predicted octanol–water partition coefficient (Wildman–Crippen LogP) is 3.20. The van der Waals surface area contributed by atoms with Crippen molar-refractivity contribution in [2.24, 2.45) is 17.6 Å². The van der Waals surface area contributed by atoms with Crippen LogP contribution < -0.4 is 31.2 Å². The van der Waals surface area contributed by atoms with Crippen molar-refractivity contribution in [2.45, 2.75) is 65.0 Å². The molecule has 0 spiro atoms. The standard InChI is InChI=1S/C41H54N4O11/c1-23-18-28-36(44-17-16-43-35(47)15-13-27-12-14-31(52-5)33(21-27)54-7)30(46)22-29(38(28)49)45-40(50)24(2)10-9-11-32(53-6)39(56-41(42)51)26(4)20-25(3)37(48)34(19-23)55-8/h9-15,20-23,25,32,34,37,39,44,48H,16-19H2,1-8H3,(H2,42,51)(H,43,47)(H,45,50)/b11-9-,15-13+,24-10+,26-20+/t23-,25+,32+,34+,37-,39?/m1/s1. The summed E-state index contributed by atoms with van der Waals surface area (Å²) in [6.45, 7) is 7.11. The topological polar surface area (TPSA) is 214 Å². The van der Waals surface area contributed by atoms with Crippen molar-refractivity contribution in [3.05, 3.63) is 88.3 Å². The number of hydrogen-bond acceptors (Lipinski definition) is 12. The number of nitrogens with two attached hydrogens (primary N) is 1. The number of rotatable bonds is 11. The maximum atomic E-state index is 14.0. The number of fused-ring (bicyclic) bond motifs is 2. The minimum atomic E-state index is -1.02. The van der Waals surface area contributed by atoms with Crippen LogP contribution in [0.15, 0.2) is 82.8 Å². The Morgan fingerprint density at radius 2 is 1.73 bits per heavy atom. The Morgan fingerprint density at radius 1 is 1.02 bits per heavy atom. The van der Waals surface area contributed by atoms with Gasteiger partial charge in [-0.3, -0.25) is 19.2 Å². The number of ether oxygens (including phenoxy) is 5. The fourth-order valence-electron chi connectivity index (χ4n) is 6.34. The number of primary amides is 1. The summed E-state index contributed by atoms with van der Waals surface area (Å²) in [7, 11) is 5.93. The third-order valence-electron chi connectivity index (χ3n) is 9.35. The van der Waals surface area contributed by atoms with Crippen molar-refractivity contribution >= 4 is 35.6 Å². The van der Waals surface area contributed by atoms with E-state index in [2.05, 4.69) is 16.0 Å². The highest BCUT2D eigenvalue weighted by Crippen LogP contribution is 2.30. The summed E-state index contributed by atoms with van der Waals surface area (Å²) in [6, 6.07) is 5.23. The third-order valence-corrected chi connectivity index (χ3v) is 9.35. The number of allylic oxidation sites excluding steroid dienone is 4. The summed E-state index contributed by atoms with van der Waals surface area (Å²) in [5.41, 5.74) is 6.85. The van der Waals surface area contributed by atoms with Crippen LogP contribution in [0.5, 0.6) is 11.5 Å². The van der Waals surface area contributed by atoms with Crippen molar-refractivity contribution in [1.29, 1.82) is 0 Å². The molecular formula is C41H54N4O11. The molecular weight excluding hydrogens is 724 g/mol. The summed E-state index contributed by atoms with van der Waals surface area (Å²) in [6.07, 6.45) is 6.23. The molecule has 6 N–H and O–H groups in total. The zero-order valence-corrected chi connectivity index (χ0v) is 33.2. The summed E-state index contributed by atoms with van der Waals surface area (Å²) < 4.78 is 27.2. The lowest BCUT2D eigenvalue weighted by Gasteiger charge is -2.30. The average molecular weight is 779 g/mol. The number of ketones is 2. The van der Waals surface area contributed by atoms with Crippen LogP contribution in [0.3, 0.4) is 0 Å². The highest BCUT2D eigenvalue weighted by atomic mass is 16.6. The molecule has 1 aromatic carbocycles. The molecule has 0 fully saturated rings. The van der Waals surface area contributed by atoms with Gasteiger partial charge in [0.25, 0.3) is 5.91 Å². The smallest absolute Gasteiger partial charge is 0.405 e. The van der Waals surface area contributed by atoms with Crippen LogP contribution in [0.25, 0.3) is 6.08 Å². The van der Waals surface area contributed by atoms with Gasteiger partial charge in [-0.1, -0.05) is 44.2 Å². The summed E-state index contributed by atoms with van der Waals surface area (Å²) in [5, 5.41) is 19.7. The quantitative estimate of drug-likeness (QED) is 0.0949. The maximum absolute atomic E-state index is 14.0. The number of nitrogens with one attached hydrogen (secondary N) is 3. The SMILES string of the molecule is COc1ccc(/C=C/C(=O)NCCNC2=C3C[C@@H](C)C[C@H](OC)[C@H](O)[C@@H](C)/C=C(\C)C(OC(N)=O)[C@@H](OC)/C=C\C=C(/C)C(=O)NC(=CC2=O)C3=O)cc1OC. The van der Waals surface area contributed by atoms with E-state index in [0.717, 1.165) is 6.08 Å². The van der Waals surface area contributed by atoms with Gasteiger partial charge in [-0.2, -0.15) is 0 Å². The molecule has 0 radical (unpaired) electrons. The number of aliphatic hydroxyl groups excluding tert-OH is 1. The first-order valence-electron chi connectivity index (χ1n) is 18.1. The molecule has 6 atom stereocenters. The van der Waals surface area contributed by atoms with Gasteiger partial charge in [0.15, 0.2) is 17.6 Å². The second-order valence-electron chi connectivity index (χ2n) is 13.6. The lowest BCUT2D eigenvalue weighted by Crippen LogP contribution is -2.39. The van der Waals surface area contributed by atoms with Crippen molar-refractivity contribution < 1.29 is 52.8 Å². The van der Waals surface area contributed by atoms with Gasteiger partial charge in [-0.15, -0.1) is 0 Å². The molecule has 0 aromatic heterocycles. The van der Waals surface area contributed by atoms with Crippen LogP contribution in [0.4, 0.5) is 4.79 Å². The Bertz CT molecular complexity index is 1810. The van der Waals surface area contributed by atoms with Crippen molar-refractivity contribution in [3.8, 4) is 11.5 Å². The predicted molar refractivity (Wildman–Crippen MR) is 209 cm³/mol. The second kappa shape index (κ2) is 21.5. The Labute approximate surface area is 327 Å². The molecule has 2 bridgehead atoms. The van der Waals surface area contributed by atoms with Gasteiger partial charge in [0.1, 0.15) is 6.10 Å². The first kappa shape index (κ1) is 44.9. The normalized spacial score (nSPS) is 26.6. The van der Waals surface area contributed by atoms with Crippen molar-refractivity contribution in [1.82, 2.24) is 16.0 Å². The van der Waals surface area contributed by atoms with Crippen molar-refractivity contribution in [3.63, 3.8) is 0 Å². The van der Waals surface area contributed by atoms with Crippen LogP contribution in [0.2, 0.25) is 0 Å². The first-order chi connectivity index (χ1) is 26.6. The number of aliphatic hydroxyl groups is 1. The number of Topliss-reactive ketones (excluding diaryl/α,β-unsaturated/α-hetero) is 1. The highest BCUT2D eigenvalue weighted by molar-refractivity contribution is 6.23. The van der Waals surface area contributed by atoms with Gasteiger partial charge in [-0.05, 0) is 62.0 Å². The van der Waals surface area contributed by atoms with Crippen LogP contribution in [-0.2, 0) is 33.4 Å². The van der Waals surface area contributed by atoms with Crippen LogP contribution in [0.1, 0.15) is 46.1 Å². The number of hydrogen-bond donors (Lipinski definition) is 5. The van der Waals surface area contributed by atoms with Gasteiger partial charge in [0, 0.05) is 56.5 Å². The number of carbonyl (C=O) groups is 5. The number of amides is 3. The molecule has 304 valence electrons. The third kappa shape index (κ3) is 12.5. The van der Waals surface area contributed by atoms with E-state index in [1.54, 1.807) is 50.3 Å². The van der Waals surface area contributed by atoms with Gasteiger partial charge < -0.3 is 50.5 Å². The molecule has 2 aliphatic rings. The summed E-state index contributed by atoms with van der Waals surface area (Å²) >= 11 is 0. The lowest BCUT2D eigenvalue weighted by molar-refractivity contribution is -0.120. The first-order valence-corrected chi connectivity index (χ1v) is 18.1. The van der Waals surface area contributed by atoms with E-state index in [1.807, 2.05) is 6.92 Å². The van der Waals surface area contributed by atoms with E-state index in [0.29, 0.717) is 22.6 Å². The van der Waals surface area contributed by atoms with E-state index in [4.69, 9.17) is 29.4 Å². The molecule has 1 aromatic rings. The summed E-state index contributed by atoms with van der Waals surface area (Å²) in [4.78, 5) is 65.2. The Hall–Kier alpha value is -5.51. The van der Waals surface area contributed by atoms with Gasteiger partial charge >= 0.3 is 6.09 Å². The van der Waals surface area contributed by atoms with E-state index in [9.17, 15) is 29.1 Å². The molecule has 1 aliphatic carbocycles. The molecule has 56 heavy (non-hydrogen) atoms. The van der Waals surface area contributed by atoms with E-state index >= 15 is 0 Å². The van der Waals surface area contributed by atoms with E-state index < -0.39 is 53.9 Å². The fourth-order valence-corrected chi connectivity index (χ4v) is 6.34. The van der Waals surface area contributed by atoms with Gasteiger partial charge in [0.2, 0.25) is 17.5 Å². The van der Waals surface area contributed by atoms with Crippen LogP contribution >= 0.6 is 0 Å². The Morgan fingerprint density at radius 3 is 2.38 bits per heavy atom. The van der Waals surface area contributed by atoms with E-state index in [1.165, 1.54) is 53.6 Å².